The molecule has 0 N–H and O–H groups in total. The third kappa shape index (κ3) is 5.15. The Kier molecular flexibility index (Phi) is 7.27. The van der Waals surface area contributed by atoms with E-state index in [0.717, 1.165) is 42.6 Å². The van der Waals surface area contributed by atoms with E-state index in [1.165, 1.54) is 0 Å². The number of nitrogens with zero attached hydrogens (tertiary/aromatic N) is 4. The highest BCUT2D eigenvalue weighted by molar-refractivity contribution is 9.08. The van der Waals surface area contributed by atoms with Crippen LogP contribution in [0, 0.1) is 5.92 Å². The number of carbonyl (C=O) groups excluding carboxylic acids is 1. The van der Waals surface area contributed by atoms with Crippen molar-refractivity contribution in [2.24, 2.45) is 13.0 Å². The Morgan fingerprint density at radius 2 is 2.14 bits per heavy atom. The van der Waals surface area contributed by atoms with Gasteiger partial charge in [0.15, 0.2) is 11.6 Å². The molecule has 0 bridgehead atoms. The molecule has 0 spiro atoms. The van der Waals surface area contributed by atoms with E-state index >= 15 is 0 Å². The Hall–Kier alpha value is -1.96. The molecule has 1 aliphatic carbocycles. The van der Waals surface area contributed by atoms with E-state index in [2.05, 4.69) is 32.9 Å². The van der Waals surface area contributed by atoms with E-state index in [0.29, 0.717) is 23.3 Å². The molecule has 1 aliphatic rings. The fourth-order valence-electron chi connectivity index (χ4n) is 3.67. The smallest absolute Gasteiger partial charge is 0.309 e. The lowest BCUT2D eigenvalue weighted by molar-refractivity contribution is -0.154. The van der Waals surface area contributed by atoms with E-state index < -0.39 is 0 Å². The largest absolute Gasteiger partial charge is 0.487 e. The topological polar surface area (TPSA) is 79.1 Å². The third-order valence-corrected chi connectivity index (χ3v) is 5.73. The Labute approximate surface area is 180 Å². The highest BCUT2D eigenvalue weighted by atomic mass is 79.9. The van der Waals surface area contributed by atoms with E-state index in [-0.39, 0.29) is 24.1 Å². The van der Waals surface area contributed by atoms with Crippen LogP contribution in [0.4, 0.5) is 0 Å². The van der Waals surface area contributed by atoms with Gasteiger partial charge in [0.05, 0.1) is 47.5 Å². The molecule has 2 aromatic rings. The van der Waals surface area contributed by atoms with Gasteiger partial charge in [-0.05, 0) is 46.0 Å². The minimum Gasteiger partial charge on any atom is -0.487 e. The van der Waals surface area contributed by atoms with Crippen LogP contribution in [-0.2, 0) is 28.3 Å². The zero-order chi connectivity index (χ0) is 21.0. The lowest BCUT2D eigenvalue weighted by Crippen LogP contribution is -2.32. The molecule has 3 rings (SSSR count). The number of aromatic nitrogens is 4. The van der Waals surface area contributed by atoms with Crippen molar-refractivity contribution >= 4 is 21.9 Å². The second-order valence-corrected chi connectivity index (χ2v) is 8.27. The summed E-state index contributed by atoms with van der Waals surface area (Å²) in [6, 6.07) is 0. The van der Waals surface area contributed by atoms with Gasteiger partial charge in [-0.25, -0.2) is 9.97 Å². The average Bonchev–Trinajstić information content (AvgIpc) is 3.08. The normalized spacial score (nSPS) is 19.4. The standard InChI is InChI=1S/C21H29BrN4O3/c1-5-17-19(12-23-20(25-17)16-11-24-26(4)18(16)10-22)29-15-8-6-7-14(9-15)21(27)28-13(2)3/h11-15H,5-10H2,1-4H3/t14-,15-/m0/s1. The van der Waals surface area contributed by atoms with Gasteiger partial charge in [0, 0.05) is 12.4 Å². The zero-order valence-electron chi connectivity index (χ0n) is 17.5. The van der Waals surface area contributed by atoms with Crippen molar-refractivity contribution in [3.8, 4) is 17.1 Å². The molecular weight excluding hydrogens is 436 g/mol. The summed E-state index contributed by atoms with van der Waals surface area (Å²) in [5.74, 6) is 1.13. The Bertz CT molecular complexity index is 852. The van der Waals surface area contributed by atoms with Gasteiger partial charge in [-0.2, -0.15) is 5.10 Å². The molecule has 2 atom stereocenters. The quantitative estimate of drug-likeness (QED) is 0.450. The number of alkyl halides is 1. The maximum absolute atomic E-state index is 12.3. The van der Waals surface area contributed by atoms with Gasteiger partial charge in [-0.3, -0.25) is 9.48 Å². The Morgan fingerprint density at radius 3 is 2.83 bits per heavy atom. The maximum Gasteiger partial charge on any atom is 0.309 e. The molecule has 7 nitrogen and oxygen atoms in total. The second kappa shape index (κ2) is 9.69. The predicted molar refractivity (Wildman–Crippen MR) is 114 cm³/mol. The summed E-state index contributed by atoms with van der Waals surface area (Å²) >= 11 is 3.50. The van der Waals surface area contributed by atoms with Crippen LogP contribution in [0.25, 0.3) is 11.4 Å². The molecule has 0 saturated heterocycles. The van der Waals surface area contributed by atoms with Crippen molar-refractivity contribution < 1.29 is 14.3 Å². The SMILES string of the molecule is CCc1nc(-c2cnn(C)c2CBr)ncc1O[C@H]1CCC[C@H](C(=O)OC(C)C)C1. The van der Waals surface area contributed by atoms with Gasteiger partial charge < -0.3 is 9.47 Å². The van der Waals surface area contributed by atoms with E-state index in [1.54, 1.807) is 12.4 Å². The first-order chi connectivity index (χ1) is 13.9. The number of hydrogen-bond acceptors (Lipinski definition) is 6. The number of aryl methyl sites for hydroxylation is 2. The fraction of sp³-hybridized carbons (Fsp3) is 0.619. The van der Waals surface area contributed by atoms with Gasteiger partial charge in [0.1, 0.15) is 0 Å². The average molecular weight is 465 g/mol. The highest BCUT2D eigenvalue weighted by Gasteiger charge is 2.30. The lowest BCUT2D eigenvalue weighted by Gasteiger charge is -2.29. The summed E-state index contributed by atoms with van der Waals surface area (Å²) < 4.78 is 13.5. The number of hydrogen-bond donors (Lipinski definition) is 0. The summed E-state index contributed by atoms with van der Waals surface area (Å²) in [5.41, 5.74) is 2.81. The van der Waals surface area contributed by atoms with E-state index in [1.807, 2.05) is 25.6 Å². The van der Waals surface area contributed by atoms with Crippen molar-refractivity contribution in [2.45, 2.75) is 70.4 Å². The molecule has 158 valence electrons. The summed E-state index contributed by atoms with van der Waals surface area (Å²) in [5, 5.41) is 4.99. The molecule has 0 amide bonds. The molecule has 1 fully saturated rings. The van der Waals surface area contributed by atoms with Gasteiger partial charge in [-0.15, -0.1) is 0 Å². The first-order valence-corrected chi connectivity index (χ1v) is 11.3. The molecule has 8 heteroatoms. The van der Waals surface area contributed by atoms with Gasteiger partial charge in [0.25, 0.3) is 0 Å². The van der Waals surface area contributed by atoms with Crippen molar-refractivity contribution in [1.82, 2.24) is 19.7 Å². The van der Waals surface area contributed by atoms with Crippen LogP contribution < -0.4 is 4.74 Å². The zero-order valence-corrected chi connectivity index (χ0v) is 19.1. The molecule has 2 heterocycles. The fourth-order valence-corrected chi connectivity index (χ4v) is 4.33. The van der Waals surface area contributed by atoms with Crippen LogP contribution in [0.15, 0.2) is 12.4 Å². The van der Waals surface area contributed by atoms with Crippen molar-refractivity contribution in [2.75, 3.05) is 0 Å². The minimum atomic E-state index is -0.116. The van der Waals surface area contributed by atoms with E-state index in [4.69, 9.17) is 14.5 Å². The van der Waals surface area contributed by atoms with Crippen molar-refractivity contribution in [3.63, 3.8) is 0 Å². The summed E-state index contributed by atoms with van der Waals surface area (Å²) in [4.78, 5) is 21.6. The second-order valence-electron chi connectivity index (χ2n) is 7.71. The van der Waals surface area contributed by atoms with Crippen molar-refractivity contribution in [3.05, 3.63) is 23.8 Å². The van der Waals surface area contributed by atoms with Crippen molar-refractivity contribution in [1.29, 1.82) is 0 Å². The molecule has 1 saturated carbocycles. The molecule has 0 aromatic carbocycles. The van der Waals surface area contributed by atoms with Crippen LogP contribution in [-0.4, -0.2) is 37.9 Å². The van der Waals surface area contributed by atoms with Crippen LogP contribution in [0.2, 0.25) is 0 Å². The monoisotopic (exact) mass is 464 g/mol. The van der Waals surface area contributed by atoms with Crippen LogP contribution >= 0.6 is 15.9 Å². The molecule has 2 aromatic heterocycles. The number of carbonyl (C=O) groups is 1. The van der Waals surface area contributed by atoms with Gasteiger partial charge in [0.2, 0.25) is 0 Å². The van der Waals surface area contributed by atoms with Crippen LogP contribution in [0.5, 0.6) is 5.75 Å². The van der Waals surface area contributed by atoms with Crippen LogP contribution in [0.1, 0.15) is 57.8 Å². The van der Waals surface area contributed by atoms with Gasteiger partial charge in [-0.1, -0.05) is 22.9 Å². The first-order valence-electron chi connectivity index (χ1n) is 10.2. The number of rotatable bonds is 7. The minimum absolute atomic E-state index is 0.0234. The lowest BCUT2D eigenvalue weighted by atomic mass is 9.87. The number of esters is 1. The molecule has 29 heavy (non-hydrogen) atoms. The summed E-state index contributed by atoms with van der Waals surface area (Å²) in [7, 11) is 1.90. The molecule has 0 aliphatic heterocycles. The predicted octanol–water partition coefficient (Wildman–Crippen LogP) is 4.22. The van der Waals surface area contributed by atoms with E-state index in [9.17, 15) is 4.79 Å². The molecular formula is C21H29BrN4O3. The summed E-state index contributed by atoms with van der Waals surface area (Å²) in [6.07, 6.45) is 7.57. The molecule has 0 unspecified atom stereocenters. The molecule has 0 radical (unpaired) electrons. The first kappa shape index (κ1) is 21.7. The van der Waals surface area contributed by atoms with Crippen LogP contribution in [0.3, 0.4) is 0 Å². The number of halogens is 1. The third-order valence-electron chi connectivity index (χ3n) is 5.20. The highest BCUT2D eigenvalue weighted by Crippen LogP contribution is 2.31. The Balaban J connectivity index is 1.75. The summed E-state index contributed by atoms with van der Waals surface area (Å²) in [6.45, 7) is 5.81. The Morgan fingerprint density at radius 1 is 1.34 bits per heavy atom. The number of ether oxygens (including phenoxy) is 2. The van der Waals surface area contributed by atoms with Gasteiger partial charge >= 0.3 is 5.97 Å². The maximum atomic E-state index is 12.3.